The van der Waals surface area contributed by atoms with Gasteiger partial charge in [-0.15, -0.1) is 0 Å². The average molecular weight is 366 g/mol. The Morgan fingerprint density at radius 3 is 2.64 bits per heavy atom. The van der Waals surface area contributed by atoms with Gasteiger partial charge in [-0.3, -0.25) is 0 Å². The maximum Gasteiger partial charge on any atom is 0.267 e. The Hall–Kier alpha value is -2.62. The summed E-state index contributed by atoms with van der Waals surface area (Å²) in [6, 6.07) is 6.96. The molecular formula is C15H16ClN5O4. The first-order valence-electron chi connectivity index (χ1n) is 7.45. The van der Waals surface area contributed by atoms with Gasteiger partial charge in [-0.1, -0.05) is 16.8 Å². The molecule has 10 heteroatoms. The van der Waals surface area contributed by atoms with Crippen LogP contribution in [0.3, 0.4) is 0 Å². The van der Waals surface area contributed by atoms with Crippen LogP contribution < -0.4 is 10.5 Å². The molecule has 0 amide bonds. The van der Waals surface area contributed by atoms with Crippen molar-refractivity contribution in [1.82, 2.24) is 19.9 Å². The van der Waals surface area contributed by atoms with Crippen molar-refractivity contribution in [2.24, 2.45) is 0 Å². The van der Waals surface area contributed by atoms with Crippen LogP contribution in [0.1, 0.15) is 0 Å². The van der Waals surface area contributed by atoms with Gasteiger partial charge in [0.25, 0.3) is 5.89 Å². The van der Waals surface area contributed by atoms with E-state index >= 15 is 0 Å². The van der Waals surface area contributed by atoms with E-state index in [9.17, 15) is 0 Å². The van der Waals surface area contributed by atoms with E-state index in [0.717, 1.165) is 5.56 Å². The van der Waals surface area contributed by atoms with Crippen molar-refractivity contribution in [3.63, 3.8) is 0 Å². The number of hydrogen-bond acceptors (Lipinski definition) is 8. The van der Waals surface area contributed by atoms with Gasteiger partial charge in [0.15, 0.2) is 5.82 Å². The van der Waals surface area contributed by atoms with Crippen LogP contribution in [0.15, 0.2) is 28.8 Å². The first kappa shape index (κ1) is 17.2. The Morgan fingerprint density at radius 1 is 1.20 bits per heavy atom. The number of halogens is 1. The van der Waals surface area contributed by atoms with Crippen molar-refractivity contribution in [1.29, 1.82) is 0 Å². The number of aliphatic hydroxyl groups excluding tert-OH is 2. The molecule has 3 rings (SSSR count). The van der Waals surface area contributed by atoms with Gasteiger partial charge >= 0.3 is 0 Å². The molecule has 0 saturated carbocycles. The van der Waals surface area contributed by atoms with E-state index < -0.39 is 0 Å². The zero-order valence-electron chi connectivity index (χ0n) is 13.1. The molecule has 0 aliphatic heterocycles. The second-order valence-corrected chi connectivity index (χ2v) is 5.45. The smallest absolute Gasteiger partial charge is 0.267 e. The summed E-state index contributed by atoms with van der Waals surface area (Å²) in [5, 5.41) is 26.8. The highest BCUT2D eigenvalue weighted by Gasteiger charge is 2.24. The van der Waals surface area contributed by atoms with Crippen molar-refractivity contribution in [3.8, 4) is 28.7 Å². The van der Waals surface area contributed by atoms with Gasteiger partial charge in [0.05, 0.1) is 19.8 Å². The van der Waals surface area contributed by atoms with Crippen molar-refractivity contribution in [3.05, 3.63) is 29.3 Å². The van der Waals surface area contributed by atoms with E-state index in [2.05, 4.69) is 15.2 Å². The van der Waals surface area contributed by atoms with E-state index in [0.29, 0.717) is 16.4 Å². The van der Waals surface area contributed by atoms with Gasteiger partial charge in [0, 0.05) is 10.6 Å². The molecule has 0 atom stereocenters. The second-order valence-electron chi connectivity index (χ2n) is 5.01. The minimum atomic E-state index is -0.191. The third-order valence-electron chi connectivity index (χ3n) is 3.32. The van der Waals surface area contributed by atoms with Gasteiger partial charge in [0.2, 0.25) is 11.7 Å². The molecule has 2 heterocycles. The fraction of sp³-hybridized carbons (Fsp3) is 0.267. The van der Waals surface area contributed by atoms with Gasteiger partial charge in [0.1, 0.15) is 12.2 Å². The van der Waals surface area contributed by atoms with E-state index in [4.69, 9.17) is 36.8 Å². The van der Waals surface area contributed by atoms with Crippen LogP contribution in [0, 0.1) is 0 Å². The molecule has 132 valence electrons. The molecule has 0 aliphatic carbocycles. The number of ether oxygens (including phenoxy) is 1. The SMILES string of the molecule is Nc1nn(CCO)c(OCCO)c1-c1nc(-c2ccc(Cl)cc2)no1. The lowest BCUT2D eigenvalue weighted by Crippen LogP contribution is -2.10. The number of hydrogen-bond donors (Lipinski definition) is 3. The summed E-state index contributed by atoms with van der Waals surface area (Å²) in [6.45, 7) is -0.149. The molecule has 0 saturated heterocycles. The summed E-state index contributed by atoms with van der Waals surface area (Å²) in [5.41, 5.74) is 6.98. The Morgan fingerprint density at radius 2 is 1.96 bits per heavy atom. The minimum Gasteiger partial charge on any atom is -0.475 e. The molecule has 9 nitrogen and oxygen atoms in total. The molecule has 1 aromatic carbocycles. The van der Waals surface area contributed by atoms with Crippen LogP contribution in [0.4, 0.5) is 5.82 Å². The number of anilines is 1. The normalized spacial score (nSPS) is 11.0. The first-order valence-corrected chi connectivity index (χ1v) is 7.82. The molecular weight excluding hydrogens is 350 g/mol. The minimum absolute atomic E-state index is 0.0295. The lowest BCUT2D eigenvalue weighted by molar-refractivity contribution is 0.184. The third-order valence-corrected chi connectivity index (χ3v) is 3.57. The number of aromatic nitrogens is 4. The second kappa shape index (κ2) is 7.51. The van der Waals surface area contributed by atoms with Crippen LogP contribution in [-0.2, 0) is 6.54 Å². The molecule has 3 aromatic rings. The lowest BCUT2D eigenvalue weighted by Gasteiger charge is -2.07. The highest BCUT2D eigenvalue weighted by atomic mass is 35.5. The third kappa shape index (κ3) is 3.58. The van der Waals surface area contributed by atoms with Gasteiger partial charge in [-0.2, -0.15) is 10.1 Å². The van der Waals surface area contributed by atoms with Crippen LogP contribution in [0.25, 0.3) is 22.8 Å². The van der Waals surface area contributed by atoms with Gasteiger partial charge < -0.3 is 25.2 Å². The van der Waals surface area contributed by atoms with Crippen molar-refractivity contribution < 1.29 is 19.5 Å². The highest BCUT2D eigenvalue weighted by Crippen LogP contribution is 2.35. The molecule has 2 aromatic heterocycles. The number of benzene rings is 1. The average Bonchev–Trinajstić information content (AvgIpc) is 3.18. The Bertz CT molecular complexity index is 846. The summed E-state index contributed by atoms with van der Waals surface area (Å²) in [6.07, 6.45) is 0. The zero-order valence-corrected chi connectivity index (χ0v) is 13.8. The summed E-state index contributed by atoms with van der Waals surface area (Å²) in [4.78, 5) is 4.32. The number of nitrogen functional groups attached to an aromatic ring is 1. The van der Waals surface area contributed by atoms with E-state index in [-0.39, 0.29) is 44.0 Å². The number of rotatable bonds is 7. The predicted octanol–water partition coefficient (Wildman–Crippen LogP) is 1.20. The van der Waals surface area contributed by atoms with Gasteiger partial charge in [-0.05, 0) is 24.3 Å². The van der Waals surface area contributed by atoms with E-state index in [1.54, 1.807) is 24.3 Å². The molecule has 0 bridgehead atoms. The van der Waals surface area contributed by atoms with Crippen LogP contribution >= 0.6 is 11.6 Å². The Labute approximate surface area is 147 Å². The maximum atomic E-state index is 9.15. The summed E-state index contributed by atoms with van der Waals surface area (Å²) in [7, 11) is 0. The van der Waals surface area contributed by atoms with E-state index in [1.807, 2.05) is 0 Å². The molecule has 0 unspecified atom stereocenters. The van der Waals surface area contributed by atoms with Crippen molar-refractivity contribution >= 4 is 17.4 Å². The molecule has 0 fully saturated rings. The number of nitrogens with two attached hydrogens (primary N) is 1. The molecule has 0 spiro atoms. The van der Waals surface area contributed by atoms with E-state index in [1.165, 1.54) is 4.68 Å². The highest BCUT2D eigenvalue weighted by molar-refractivity contribution is 6.30. The molecule has 4 N–H and O–H groups in total. The first-order chi connectivity index (χ1) is 12.1. The predicted molar refractivity (Wildman–Crippen MR) is 90.0 cm³/mol. The summed E-state index contributed by atoms with van der Waals surface area (Å²) in [5.74, 6) is 0.841. The van der Waals surface area contributed by atoms with Crippen LogP contribution in [0.2, 0.25) is 5.02 Å². The van der Waals surface area contributed by atoms with Crippen molar-refractivity contribution in [2.45, 2.75) is 6.54 Å². The topological polar surface area (TPSA) is 132 Å². The van der Waals surface area contributed by atoms with Crippen LogP contribution in [0.5, 0.6) is 5.88 Å². The monoisotopic (exact) mass is 365 g/mol. The lowest BCUT2D eigenvalue weighted by atomic mass is 10.2. The standard InChI is InChI=1S/C15H16ClN5O4/c16-10-3-1-9(2-4-10)13-18-14(25-20-13)11-12(17)19-21(5-6-22)15(11)24-8-7-23/h1-4,22-23H,5-8H2,(H2,17,19). The van der Waals surface area contributed by atoms with Crippen LogP contribution in [-0.4, -0.2) is 50.0 Å². The van der Waals surface area contributed by atoms with Crippen molar-refractivity contribution in [2.75, 3.05) is 25.6 Å². The number of aliphatic hydroxyl groups is 2. The Kier molecular flexibility index (Phi) is 5.17. The largest absolute Gasteiger partial charge is 0.475 e. The summed E-state index contributed by atoms with van der Waals surface area (Å²) >= 11 is 5.87. The zero-order chi connectivity index (χ0) is 17.8. The summed E-state index contributed by atoms with van der Waals surface area (Å²) < 4.78 is 12.2. The molecule has 0 aliphatic rings. The Balaban J connectivity index is 1.99. The quantitative estimate of drug-likeness (QED) is 0.568. The number of nitrogens with zero attached hydrogens (tertiary/aromatic N) is 4. The molecule has 25 heavy (non-hydrogen) atoms. The maximum absolute atomic E-state index is 9.15. The molecule has 0 radical (unpaired) electrons. The fourth-order valence-electron chi connectivity index (χ4n) is 2.24. The van der Waals surface area contributed by atoms with Gasteiger partial charge in [-0.25, -0.2) is 4.68 Å². The fourth-order valence-corrected chi connectivity index (χ4v) is 2.37.